The van der Waals surface area contributed by atoms with E-state index in [0.717, 1.165) is 16.7 Å². The number of hydrogen-bond donors (Lipinski definition) is 1. The molecule has 0 heterocycles. The average molecular weight is 374 g/mol. The third-order valence-corrected chi connectivity index (χ3v) is 3.87. The number of carbonyl (C=O) groups excluding carboxylic acids is 2. The molecule has 0 aromatic heterocycles. The van der Waals surface area contributed by atoms with Crippen LogP contribution in [0.4, 0.5) is 14.9 Å². The highest BCUT2D eigenvalue weighted by molar-refractivity contribution is 5.87. The Balaban J connectivity index is 2.04. The van der Waals surface area contributed by atoms with Crippen molar-refractivity contribution in [1.82, 2.24) is 5.48 Å². The second-order valence-corrected chi connectivity index (χ2v) is 6.59. The fourth-order valence-corrected chi connectivity index (χ4v) is 2.27. The molecule has 0 atom stereocenters. The number of ether oxygens (including phenoxy) is 1. The lowest BCUT2D eigenvalue weighted by molar-refractivity contribution is -0.121. The van der Waals surface area contributed by atoms with E-state index in [9.17, 15) is 14.0 Å². The molecular formula is C20H23FN2O4. The van der Waals surface area contributed by atoms with Crippen molar-refractivity contribution in [1.29, 1.82) is 0 Å². The van der Waals surface area contributed by atoms with Crippen LogP contribution in [0.25, 0.3) is 11.1 Å². The number of hydroxylamine groups is 1. The van der Waals surface area contributed by atoms with Crippen molar-refractivity contribution in [3.8, 4) is 11.1 Å². The number of carbonyl (C=O) groups is 2. The quantitative estimate of drug-likeness (QED) is 0.433. The van der Waals surface area contributed by atoms with Crippen molar-refractivity contribution < 1.29 is 23.6 Å². The fourth-order valence-electron chi connectivity index (χ4n) is 2.27. The maximum absolute atomic E-state index is 12.8. The molecular weight excluding hydrogens is 351 g/mol. The normalized spacial score (nSPS) is 11.0. The van der Waals surface area contributed by atoms with Crippen LogP contribution in [-0.2, 0) is 21.0 Å². The Hall–Kier alpha value is -2.93. The van der Waals surface area contributed by atoms with Crippen molar-refractivity contribution >= 4 is 18.2 Å². The van der Waals surface area contributed by atoms with Crippen molar-refractivity contribution in [3.05, 3.63) is 54.1 Å². The molecule has 0 saturated heterocycles. The van der Waals surface area contributed by atoms with Gasteiger partial charge in [0.2, 0.25) is 6.41 Å². The number of halogens is 1. The van der Waals surface area contributed by atoms with Crippen LogP contribution in [0.2, 0.25) is 0 Å². The van der Waals surface area contributed by atoms with E-state index in [1.54, 1.807) is 19.2 Å². The van der Waals surface area contributed by atoms with E-state index >= 15 is 0 Å². The van der Waals surface area contributed by atoms with E-state index in [1.807, 2.05) is 36.4 Å². The number of nitrogens with zero attached hydrogens (tertiary/aromatic N) is 1. The Morgan fingerprint density at radius 1 is 1.11 bits per heavy atom. The summed E-state index contributed by atoms with van der Waals surface area (Å²) in [5.41, 5.74) is 4.52. The first-order chi connectivity index (χ1) is 12.9. The third-order valence-electron chi connectivity index (χ3n) is 3.87. The molecule has 1 N–H and O–H groups in total. The van der Waals surface area contributed by atoms with E-state index in [4.69, 9.17) is 9.57 Å². The lowest BCUT2D eigenvalue weighted by atomic mass is 10.0. The van der Waals surface area contributed by atoms with Gasteiger partial charge in [-0.25, -0.2) is 14.7 Å². The van der Waals surface area contributed by atoms with Gasteiger partial charge in [0.05, 0.1) is 6.61 Å². The van der Waals surface area contributed by atoms with Gasteiger partial charge in [-0.1, -0.05) is 36.4 Å². The molecule has 6 nitrogen and oxygen atoms in total. The predicted molar refractivity (Wildman–Crippen MR) is 101 cm³/mol. The minimum absolute atomic E-state index is 0.278. The van der Waals surface area contributed by atoms with Gasteiger partial charge in [0.15, 0.2) is 0 Å². The largest absolute Gasteiger partial charge is 0.440 e. The first kappa shape index (κ1) is 20.4. The highest BCUT2D eigenvalue weighted by atomic mass is 19.1. The van der Waals surface area contributed by atoms with Crippen LogP contribution in [0.15, 0.2) is 48.5 Å². The molecule has 2 aromatic carbocycles. The molecule has 0 fully saturated rings. The Morgan fingerprint density at radius 3 is 2.19 bits per heavy atom. The molecule has 0 unspecified atom stereocenters. The average Bonchev–Trinajstić information content (AvgIpc) is 2.68. The molecule has 0 aliphatic heterocycles. The SMILES string of the molecule is CN(C(=O)OC(C)(C)CF)c1ccc(-c2ccc(CONC=O)cc2)cc1. The molecule has 0 aliphatic carbocycles. The summed E-state index contributed by atoms with van der Waals surface area (Å²) in [6, 6.07) is 15.1. The summed E-state index contributed by atoms with van der Waals surface area (Å²) >= 11 is 0. The minimum atomic E-state index is -1.15. The van der Waals surface area contributed by atoms with Crippen LogP contribution in [-0.4, -0.2) is 31.8 Å². The van der Waals surface area contributed by atoms with Crippen LogP contribution in [0.3, 0.4) is 0 Å². The van der Waals surface area contributed by atoms with Crippen LogP contribution < -0.4 is 10.4 Å². The van der Waals surface area contributed by atoms with E-state index < -0.39 is 18.4 Å². The van der Waals surface area contributed by atoms with E-state index in [1.165, 1.54) is 18.7 Å². The third kappa shape index (κ3) is 5.79. The summed E-state index contributed by atoms with van der Waals surface area (Å²) in [5, 5.41) is 0. The summed E-state index contributed by atoms with van der Waals surface area (Å²) in [6.07, 6.45) is -0.139. The maximum atomic E-state index is 12.8. The fraction of sp³-hybridized carbons (Fsp3) is 0.300. The standard InChI is InChI=1S/C20H23FN2O4/c1-20(2,13-21)27-19(25)23(3)18-10-8-17(9-11-18)16-6-4-15(5-7-16)12-26-22-14-24/h4-11,14H,12-13H2,1-3H3,(H,22,24). The van der Waals surface area contributed by atoms with Crippen LogP contribution in [0.1, 0.15) is 19.4 Å². The summed E-state index contributed by atoms with van der Waals surface area (Å²) < 4.78 is 18.0. The molecule has 2 rings (SSSR count). The lowest BCUT2D eigenvalue weighted by Crippen LogP contribution is -2.37. The topological polar surface area (TPSA) is 67.9 Å². The van der Waals surface area contributed by atoms with Gasteiger partial charge in [0.1, 0.15) is 12.3 Å². The van der Waals surface area contributed by atoms with Gasteiger partial charge in [-0.15, -0.1) is 0 Å². The van der Waals surface area contributed by atoms with Gasteiger partial charge in [0, 0.05) is 12.7 Å². The zero-order valence-corrected chi connectivity index (χ0v) is 15.6. The zero-order chi connectivity index (χ0) is 19.9. The van der Waals surface area contributed by atoms with Crippen molar-refractivity contribution in [3.63, 3.8) is 0 Å². The van der Waals surface area contributed by atoms with E-state index in [2.05, 4.69) is 5.48 Å². The number of alkyl halides is 1. The summed E-state index contributed by atoms with van der Waals surface area (Å²) in [4.78, 5) is 28.5. The zero-order valence-electron chi connectivity index (χ0n) is 15.6. The summed E-state index contributed by atoms with van der Waals surface area (Å²) in [6.45, 7) is 2.56. The summed E-state index contributed by atoms with van der Waals surface area (Å²) in [5.74, 6) is 0. The molecule has 27 heavy (non-hydrogen) atoms. The van der Waals surface area contributed by atoms with Gasteiger partial charge in [-0.3, -0.25) is 14.5 Å². The molecule has 0 spiro atoms. The lowest BCUT2D eigenvalue weighted by Gasteiger charge is -2.25. The maximum Gasteiger partial charge on any atom is 0.414 e. The highest BCUT2D eigenvalue weighted by Gasteiger charge is 2.25. The number of benzene rings is 2. The Kier molecular flexibility index (Phi) is 6.90. The minimum Gasteiger partial charge on any atom is -0.440 e. The van der Waals surface area contributed by atoms with Gasteiger partial charge in [-0.2, -0.15) is 0 Å². The van der Waals surface area contributed by atoms with Crippen molar-refractivity contribution in [2.75, 3.05) is 18.6 Å². The molecule has 0 radical (unpaired) electrons. The molecule has 144 valence electrons. The van der Waals surface area contributed by atoms with E-state index in [-0.39, 0.29) is 6.61 Å². The molecule has 2 aromatic rings. The molecule has 7 heteroatoms. The van der Waals surface area contributed by atoms with Gasteiger partial charge >= 0.3 is 6.09 Å². The number of amides is 2. The molecule has 0 saturated carbocycles. The number of anilines is 1. The smallest absolute Gasteiger partial charge is 0.414 e. The first-order valence-corrected chi connectivity index (χ1v) is 8.39. The van der Waals surface area contributed by atoms with Crippen molar-refractivity contribution in [2.45, 2.75) is 26.1 Å². The molecule has 0 bridgehead atoms. The van der Waals surface area contributed by atoms with Crippen molar-refractivity contribution in [2.24, 2.45) is 0 Å². The van der Waals surface area contributed by atoms with Crippen LogP contribution >= 0.6 is 0 Å². The number of nitrogens with one attached hydrogen (secondary N) is 1. The second-order valence-electron chi connectivity index (χ2n) is 6.59. The van der Waals surface area contributed by atoms with E-state index in [0.29, 0.717) is 12.1 Å². The Labute approximate surface area is 157 Å². The molecule has 0 aliphatic rings. The monoisotopic (exact) mass is 374 g/mol. The molecule has 2 amide bonds. The van der Waals surface area contributed by atoms with Gasteiger partial charge in [0.25, 0.3) is 0 Å². The Morgan fingerprint density at radius 2 is 1.67 bits per heavy atom. The van der Waals surface area contributed by atoms with Crippen LogP contribution in [0.5, 0.6) is 0 Å². The van der Waals surface area contributed by atoms with Gasteiger partial charge < -0.3 is 4.74 Å². The number of rotatable bonds is 8. The summed E-state index contributed by atoms with van der Waals surface area (Å²) in [7, 11) is 1.58. The first-order valence-electron chi connectivity index (χ1n) is 8.39. The van der Waals surface area contributed by atoms with Crippen LogP contribution in [0, 0.1) is 0 Å². The number of hydrogen-bond acceptors (Lipinski definition) is 4. The Bertz CT molecular complexity index is 761. The van der Waals surface area contributed by atoms with Gasteiger partial charge in [-0.05, 0) is 42.7 Å². The second kappa shape index (κ2) is 9.14. The predicted octanol–water partition coefficient (Wildman–Crippen LogP) is 3.85. The highest BCUT2D eigenvalue weighted by Crippen LogP contribution is 2.24.